The Morgan fingerprint density at radius 3 is 2.62 bits per heavy atom. The monoisotopic (exact) mass is 324 g/mol. The fourth-order valence-electron chi connectivity index (χ4n) is 2.41. The molecule has 4 nitrogen and oxygen atoms in total. The van der Waals surface area contributed by atoms with Gasteiger partial charge in [-0.05, 0) is 36.6 Å². The molecule has 24 heavy (non-hydrogen) atoms. The van der Waals surface area contributed by atoms with Gasteiger partial charge in [0, 0.05) is 19.0 Å². The van der Waals surface area contributed by atoms with Crippen molar-refractivity contribution in [3.8, 4) is 17.6 Å². The first kappa shape index (κ1) is 17.8. The summed E-state index contributed by atoms with van der Waals surface area (Å²) < 4.78 is 11.1. The van der Waals surface area contributed by atoms with Gasteiger partial charge in [0.2, 0.25) is 0 Å². The first-order chi connectivity index (χ1) is 11.7. The van der Waals surface area contributed by atoms with Gasteiger partial charge in [-0.1, -0.05) is 36.4 Å². The number of nitrogens with one attached hydrogen (secondary N) is 1. The van der Waals surface area contributed by atoms with E-state index in [4.69, 9.17) is 14.7 Å². The molecule has 0 aromatic heterocycles. The van der Waals surface area contributed by atoms with E-state index in [0.717, 1.165) is 17.9 Å². The Bertz CT molecular complexity index is 665. The molecule has 0 saturated heterocycles. The summed E-state index contributed by atoms with van der Waals surface area (Å²) >= 11 is 0. The van der Waals surface area contributed by atoms with E-state index in [0.29, 0.717) is 25.2 Å². The Balaban J connectivity index is 1.96. The third-order valence-corrected chi connectivity index (χ3v) is 3.83. The van der Waals surface area contributed by atoms with E-state index in [-0.39, 0.29) is 6.04 Å². The molecular formula is C20H24N2O2. The summed E-state index contributed by atoms with van der Waals surface area (Å²) in [5, 5.41) is 12.1. The van der Waals surface area contributed by atoms with E-state index in [2.05, 4.69) is 30.4 Å². The van der Waals surface area contributed by atoms with Crippen molar-refractivity contribution in [2.75, 3.05) is 13.7 Å². The molecule has 0 aliphatic carbocycles. The maximum absolute atomic E-state index is 8.59. The van der Waals surface area contributed by atoms with E-state index >= 15 is 0 Å². The van der Waals surface area contributed by atoms with Gasteiger partial charge in [-0.2, -0.15) is 5.26 Å². The zero-order valence-electron chi connectivity index (χ0n) is 14.3. The molecule has 126 valence electrons. The second-order valence-corrected chi connectivity index (χ2v) is 5.61. The first-order valence-corrected chi connectivity index (χ1v) is 8.19. The van der Waals surface area contributed by atoms with E-state index in [1.54, 1.807) is 7.11 Å². The van der Waals surface area contributed by atoms with Crippen molar-refractivity contribution in [1.82, 2.24) is 5.32 Å². The third kappa shape index (κ3) is 5.29. The summed E-state index contributed by atoms with van der Waals surface area (Å²) in [5.41, 5.74) is 2.40. The van der Waals surface area contributed by atoms with Gasteiger partial charge in [0.1, 0.15) is 0 Å². The van der Waals surface area contributed by atoms with Crippen LogP contribution in [0.4, 0.5) is 0 Å². The van der Waals surface area contributed by atoms with Crippen molar-refractivity contribution in [1.29, 1.82) is 5.26 Å². The Morgan fingerprint density at radius 2 is 1.92 bits per heavy atom. The van der Waals surface area contributed by atoms with Gasteiger partial charge < -0.3 is 14.8 Å². The summed E-state index contributed by atoms with van der Waals surface area (Å²) in [6.07, 6.45) is 1.21. The number of methoxy groups -OCH3 is 1. The molecule has 0 saturated carbocycles. The van der Waals surface area contributed by atoms with Gasteiger partial charge in [0.15, 0.2) is 11.5 Å². The molecule has 1 unspecified atom stereocenters. The molecule has 0 bridgehead atoms. The van der Waals surface area contributed by atoms with Crippen LogP contribution in [0, 0.1) is 11.3 Å². The Hall–Kier alpha value is -2.51. The molecule has 0 aliphatic heterocycles. The number of benzene rings is 2. The molecule has 2 rings (SSSR count). The maximum Gasteiger partial charge on any atom is 0.161 e. The SMILES string of the molecule is COc1ccc(CNC(C)c2ccccc2)cc1OCCCC#N. The van der Waals surface area contributed by atoms with Crippen LogP contribution in [-0.2, 0) is 6.54 Å². The lowest BCUT2D eigenvalue weighted by Crippen LogP contribution is -2.18. The van der Waals surface area contributed by atoms with E-state index in [9.17, 15) is 0 Å². The number of hydrogen-bond acceptors (Lipinski definition) is 4. The largest absolute Gasteiger partial charge is 0.493 e. The zero-order valence-corrected chi connectivity index (χ0v) is 14.3. The Labute approximate surface area is 144 Å². The molecular weight excluding hydrogens is 300 g/mol. The summed E-state index contributed by atoms with van der Waals surface area (Å²) in [6, 6.07) is 18.7. The quantitative estimate of drug-likeness (QED) is 0.701. The lowest BCUT2D eigenvalue weighted by atomic mass is 10.1. The predicted octanol–water partition coefficient (Wildman–Crippen LogP) is 4.23. The molecule has 0 heterocycles. The standard InChI is InChI=1S/C20H24N2O2/c1-16(18-8-4-3-5-9-18)22-15-17-10-11-19(23-2)20(14-17)24-13-7-6-12-21/h3-5,8-11,14,16,22H,6-7,13,15H2,1-2H3. The first-order valence-electron chi connectivity index (χ1n) is 8.19. The van der Waals surface area contributed by atoms with Crippen LogP contribution in [0.3, 0.4) is 0 Å². The van der Waals surface area contributed by atoms with Gasteiger partial charge in [-0.15, -0.1) is 0 Å². The lowest BCUT2D eigenvalue weighted by Gasteiger charge is -2.16. The highest BCUT2D eigenvalue weighted by atomic mass is 16.5. The molecule has 2 aromatic rings. The average Bonchev–Trinajstić information content (AvgIpc) is 2.64. The fraction of sp³-hybridized carbons (Fsp3) is 0.350. The summed E-state index contributed by atoms with van der Waals surface area (Å²) in [5.74, 6) is 1.44. The number of hydrogen-bond donors (Lipinski definition) is 1. The molecule has 1 atom stereocenters. The van der Waals surface area contributed by atoms with Crippen molar-refractivity contribution in [2.45, 2.75) is 32.4 Å². The molecule has 0 spiro atoms. The van der Waals surface area contributed by atoms with E-state index in [1.165, 1.54) is 5.56 Å². The van der Waals surface area contributed by atoms with Crippen molar-refractivity contribution in [2.24, 2.45) is 0 Å². The number of rotatable bonds is 9. The molecule has 2 aromatic carbocycles. The second kappa shape index (κ2) is 9.59. The molecule has 1 N–H and O–H groups in total. The van der Waals surface area contributed by atoms with Crippen LogP contribution in [0.25, 0.3) is 0 Å². The van der Waals surface area contributed by atoms with E-state index < -0.39 is 0 Å². The molecule has 4 heteroatoms. The number of unbranched alkanes of at least 4 members (excludes halogenated alkanes) is 1. The third-order valence-electron chi connectivity index (χ3n) is 3.83. The minimum Gasteiger partial charge on any atom is -0.493 e. The van der Waals surface area contributed by atoms with Crippen LogP contribution in [0.15, 0.2) is 48.5 Å². The summed E-state index contributed by atoms with van der Waals surface area (Å²) in [7, 11) is 1.63. The highest BCUT2D eigenvalue weighted by Crippen LogP contribution is 2.28. The zero-order chi connectivity index (χ0) is 17.2. The van der Waals surface area contributed by atoms with Crippen LogP contribution >= 0.6 is 0 Å². The van der Waals surface area contributed by atoms with Gasteiger partial charge >= 0.3 is 0 Å². The highest BCUT2D eigenvalue weighted by Gasteiger charge is 2.08. The maximum atomic E-state index is 8.59. The Morgan fingerprint density at radius 1 is 1.12 bits per heavy atom. The van der Waals surface area contributed by atoms with Crippen LogP contribution < -0.4 is 14.8 Å². The van der Waals surface area contributed by atoms with Crippen LogP contribution in [-0.4, -0.2) is 13.7 Å². The molecule has 0 aliphatic rings. The highest BCUT2D eigenvalue weighted by molar-refractivity contribution is 5.43. The van der Waals surface area contributed by atoms with Crippen LogP contribution in [0.5, 0.6) is 11.5 Å². The fourth-order valence-corrected chi connectivity index (χ4v) is 2.41. The average molecular weight is 324 g/mol. The second-order valence-electron chi connectivity index (χ2n) is 5.61. The van der Waals surface area contributed by atoms with Gasteiger partial charge in [-0.25, -0.2) is 0 Å². The normalized spacial score (nSPS) is 11.5. The van der Waals surface area contributed by atoms with Crippen LogP contribution in [0.2, 0.25) is 0 Å². The van der Waals surface area contributed by atoms with Crippen molar-refractivity contribution >= 4 is 0 Å². The van der Waals surface area contributed by atoms with Gasteiger partial charge in [0.05, 0.1) is 19.8 Å². The smallest absolute Gasteiger partial charge is 0.161 e. The van der Waals surface area contributed by atoms with Gasteiger partial charge in [0.25, 0.3) is 0 Å². The Kier molecular flexibility index (Phi) is 7.13. The number of nitrogens with zero attached hydrogens (tertiary/aromatic N) is 1. The number of ether oxygens (including phenoxy) is 2. The van der Waals surface area contributed by atoms with Gasteiger partial charge in [-0.3, -0.25) is 0 Å². The van der Waals surface area contributed by atoms with Crippen LogP contribution in [0.1, 0.15) is 36.9 Å². The molecule has 0 amide bonds. The molecule has 0 radical (unpaired) electrons. The summed E-state index contributed by atoms with van der Waals surface area (Å²) in [4.78, 5) is 0. The predicted molar refractivity (Wildman–Crippen MR) is 95.0 cm³/mol. The number of nitriles is 1. The van der Waals surface area contributed by atoms with Crippen molar-refractivity contribution in [3.63, 3.8) is 0 Å². The van der Waals surface area contributed by atoms with E-state index in [1.807, 2.05) is 36.4 Å². The molecule has 0 fully saturated rings. The summed E-state index contributed by atoms with van der Waals surface area (Å²) in [6.45, 7) is 3.41. The van der Waals surface area contributed by atoms with Crippen molar-refractivity contribution < 1.29 is 9.47 Å². The topological polar surface area (TPSA) is 54.3 Å². The minimum atomic E-state index is 0.272. The van der Waals surface area contributed by atoms with Crippen molar-refractivity contribution in [3.05, 3.63) is 59.7 Å². The lowest BCUT2D eigenvalue weighted by molar-refractivity contribution is 0.290. The minimum absolute atomic E-state index is 0.272.